The molecule has 0 saturated heterocycles. The summed E-state index contributed by atoms with van der Waals surface area (Å²) in [7, 11) is 0. The Labute approximate surface area is 101 Å². The molecule has 0 aliphatic carbocycles. The molecule has 0 aliphatic heterocycles. The number of aliphatic hydroxyl groups excluding tert-OH is 1. The van der Waals surface area contributed by atoms with Crippen molar-refractivity contribution >= 4 is 0 Å². The summed E-state index contributed by atoms with van der Waals surface area (Å²) in [6.45, 7) is -0.590. The third kappa shape index (κ3) is 2.67. The summed E-state index contributed by atoms with van der Waals surface area (Å²) in [6, 6.07) is 3.35. The molecule has 0 aliphatic rings. The molecular formula is C11H10F3N3O. The minimum Gasteiger partial charge on any atom is -0.382 e. The van der Waals surface area contributed by atoms with Gasteiger partial charge in [-0.15, -0.1) is 0 Å². The molecule has 2 aromatic rings. The molecule has 0 bridgehead atoms. The maximum Gasteiger partial charge on any atom is 0.416 e. The summed E-state index contributed by atoms with van der Waals surface area (Å²) < 4.78 is 38.1. The summed E-state index contributed by atoms with van der Waals surface area (Å²) in [5, 5.41) is 9.04. The monoisotopic (exact) mass is 257 g/mol. The van der Waals surface area contributed by atoms with Crippen molar-refractivity contribution in [3.63, 3.8) is 0 Å². The average Bonchev–Trinajstić information content (AvgIpc) is 2.77. The van der Waals surface area contributed by atoms with E-state index in [1.54, 1.807) is 18.3 Å². The zero-order valence-corrected chi connectivity index (χ0v) is 9.17. The lowest BCUT2D eigenvalue weighted by Gasteiger charge is -2.16. The summed E-state index contributed by atoms with van der Waals surface area (Å²) in [5.74, 6) is 0.339. The number of pyridine rings is 1. The van der Waals surface area contributed by atoms with Crippen LogP contribution in [0, 0.1) is 0 Å². The second-order valence-corrected chi connectivity index (χ2v) is 3.70. The minimum absolute atomic E-state index is 0.339. The molecule has 2 heterocycles. The largest absolute Gasteiger partial charge is 0.416 e. The van der Waals surface area contributed by atoms with Gasteiger partial charge in [0.25, 0.3) is 0 Å². The molecule has 2 aromatic heterocycles. The molecule has 0 aromatic carbocycles. The zero-order chi connectivity index (χ0) is 13.2. The van der Waals surface area contributed by atoms with E-state index < -0.39 is 18.8 Å². The lowest BCUT2D eigenvalue weighted by Crippen LogP contribution is -2.32. The fourth-order valence-corrected chi connectivity index (χ4v) is 1.50. The Morgan fingerprint density at radius 1 is 1.33 bits per heavy atom. The van der Waals surface area contributed by atoms with E-state index in [4.69, 9.17) is 5.11 Å². The molecular weight excluding hydrogens is 247 g/mol. The van der Waals surface area contributed by atoms with Crippen LogP contribution in [0.1, 0.15) is 0 Å². The smallest absolute Gasteiger partial charge is 0.382 e. The summed E-state index contributed by atoms with van der Waals surface area (Å²) in [4.78, 5) is 7.84. The quantitative estimate of drug-likeness (QED) is 0.913. The molecule has 0 radical (unpaired) electrons. The second-order valence-electron chi connectivity index (χ2n) is 3.70. The van der Waals surface area contributed by atoms with Gasteiger partial charge in [-0.3, -0.25) is 4.98 Å². The van der Waals surface area contributed by atoms with Gasteiger partial charge in [0, 0.05) is 30.4 Å². The Morgan fingerprint density at radius 2 is 2.11 bits per heavy atom. The predicted octanol–water partition coefficient (Wildman–Crippen LogP) is 1.87. The fraction of sp³-hybridized carbons (Fsp3) is 0.273. The number of aromatic nitrogens is 3. The van der Waals surface area contributed by atoms with E-state index in [0.717, 1.165) is 0 Å². The van der Waals surface area contributed by atoms with Crippen molar-refractivity contribution in [2.45, 2.75) is 18.8 Å². The van der Waals surface area contributed by atoms with Crippen LogP contribution >= 0.6 is 0 Å². The number of nitrogens with zero attached hydrogens (tertiary/aromatic N) is 3. The van der Waals surface area contributed by atoms with Gasteiger partial charge in [0.1, 0.15) is 5.82 Å². The first-order valence-electron chi connectivity index (χ1n) is 5.15. The van der Waals surface area contributed by atoms with Crippen LogP contribution in [0.5, 0.6) is 0 Å². The number of rotatable bonds is 3. The predicted molar refractivity (Wildman–Crippen MR) is 57.5 cm³/mol. The normalized spacial score (nSPS) is 13.6. The molecule has 0 amide bonds. The van der Waals surface area contributed by atoms with Gasteiger partial charge >= 0.3 is 6.18 Å². The Bertz CT molecular complexity index is 510. The highest BCUT2D eigenvalue weighted by Crippen LogP contribution is 2.23. The van der Waals surface area contributed by atoms with Gasteiger partial charge in [-0.25, -0.2) is 4.98 Å². The van der Waals surface area contributed by atoms with E-state index in [-0.39, 0.29) is 0 Å². The van der Waals surface area contributed by atoms with Crippen LogP contribution in [0.3, 0.4) is 0 Å². The highest BCUT2D eigenvalue weighted by molar-refractivity contribution is 5.53. The second kappa shape index (κ2) is 4.77. The third-order valence-electron chi connectivity index (χ3n) is 2.38. The lowest BCUT2D eigenvalue weighted by molar-refractivity contribution is -0.207. The first-order chi connectivity index (χ1) is 8.48. The van der Waals surface area contributed by atoms with Gasteiger partial charge in [0.05, 0.1) is 6.54 Å². The highest BCUT2D eigenvalue weighted by Gasteiger charge is 2.38. The third-order valence-corrected chi connectivity index (χ3v) is 2.38. The van der Waals surface area contributed by atoms with E-state index in [1.807, 2.05) is 0 Å². The number of alkyl halides is 3. The highest BCUT2D eigenvalue weighted by atomic mass is 19.4. The standard InChI is InChI=1S/C11H10F3N3O/c12-11(13,14)9(18)7-17-5-4-16-10(17)8-2-1-3-15-6-8/h1-6,9,18H,7H2/t9-/m1/s1. The van der Waals surface area contributed by atoms with E-state index >= 15 is 0 Å². The van der Waals surface area contributed by atoms with Crippen molar-refractivity contribution in [3.05, 3.63) is 36.9 Å². The Kier molecular flexibility index (Phi) is 3.33. The number of hydrogen-bond acceptors (Lipinski definition) is 3. The van der Waals surface area contributed by atoms with Gasteiger partial charge in [-0.05, 0) is 12.1 Å². The van der Waals surface area contributed by atoms with Gasteiger partial charge in [-0.2, -0.15) is 13.2 Å². The summed E-state index contributed by atoms with van der Waals surface area (Å²) in [6.07, 6.45) is -1.23. The molecule has 1 N–H and O–H groups in total. The molecule has 4 nitrogen and oxygen atoms in total. The van der Waals surface area contributed by atoms with Crippen LogP contribution in [0.4, 0.5) is 13.2 Å². The van der Waals surface area contributed by atoms with Crippen LogP contribution in [0.15, 0.2) is 36.9 Å². The zero-order valence-electron chi connectivity index (χ0n) is 9.17. The van der Waals surface area contributed by atoms with E-state index in [9.17, 15) is 13.2 Å². The molecule has 7 heteroatoms. The Hall–Kier alpha value is -1.89. The molecule has 0 unspecified atom stereocenters. The van der Waals surface area contributed by atoms with Gasteiger partial charge in [-0.1, -0.05) is 0 Å². The minimum atomic E-state index is -4.64. The fourth-order valence-electron chi connectivity index (χ4n) is 1.50. The van der Waals surface area contributed by atoms with Crippen molar-refractivity contribution < 1.29 is 18.3 Å². The number of halogens is 3. The molecule has 0 fully saturated rings. The van der Waals surface area contributed by atoms with Crippen molar-refractivity contribution in [2.75, 3.05) is 0 Å². The van der Waals surface area contributed by atoms with Crippen LogP contribution in [0.2, 0.25) is 0 Å². The Balaban J connectivity index is 2.24. The average molecular weight is 257 g/mol. The molecule has 18 heavy (non-hydrogen) atoms. The van der Waals surface area contributed by atoms with Gasteiger partial charge in [0.2, 0.25) is 0 Å². The lowest BCUT2D eigenvalue weighted by atomic mass is 10.2. The van der Waals surface area contributed by atoms with Crippen LogP contribution in [-0.2, 0) is 6.54 Å². The van der Waals surface area contributed by atoms with Crippen LogP contribution < -0.4 is 0 Å². The molecule has 0 saturated carbocycles. The Morgan fingerprint density at radius 3 is 2.72 bits per heavy atom. The first kappa shape index (κ1) is 12.6. The number of aliphatic hydroxyl groups is 1. The number of imidazole rings is 1. The van der Waals surface area contributed by atoms with Crippen molar-refractivity contribution in [2.24, 2.45) is 0 Å². The summed E-state index contributed by atoms with van der Waals surface area (Å²) in [5.41, 5.74) is 0.594. The number of hydrogen-bond donors (Lipinski definition) is 1. The molecule has 1 atom stereocenters. The first-order valence-corrected chi connectivity index (χ1v) is 5.15. The van der Waals surface area contributed by atoms with Crippen molar-refractivity contribution in [3.8, 4) is 11.4 Å². The molecule has 0 spiro atoms. The molecule has 2 rings (SSSR count). The summed E-state index contributed by atoms with van der Waals surface area (Å²) >= 11 is 0. The topological polar surface area (TPSA) is 50.9 Å². The van der Waals surface area contributed by atoms with E-state index in [0.29, 0.717) is 11.4 Å². The maximum absolute atomic E-state index is 12.3. The van der Waals surface area contributed by atoms with Gasteiger partial charge in [0.15, 0.2) is 6.10 Å². The van der Waals surface area contributed by atoms with Crippen LogP contribution in [-0.4, -0.2) is 31.9 Å². The van der Waals surface area contributed by atoms with Crippen molar-refractivity contribution in [1.82, 2.24) is 14.5 Å². The van der Waals surface area contributed by atoms with E-state index in [1.165, 1.54) is 23.2 Å². The van der Waals surface area contributed by atoms with Gasteiger partial charge < -0.3 is 9.67 Å². The van der Waals surface area contributed by atoms with Crippen molar-refractivity contribution in [1.29, 1.82) is 0 Å². The molecule has 96 valence electrons. The maximum atomic E-state index is 12.3. The van der Waals surface area contributed by atoms with E-state index in [2.05, 4.69) is 9.97 Å². The van der Waals surface area contributed by atoms with Crippen LogP contribution in [0.25, 0.3) is 11.4 Å². The SMILES string of the molecule is O[C@H](Cn1ccnc1-c1cccnc1)C(F)(F)F.